The summed E-state index contributed by atoms with van der Waals surface area (Å²) in [5.41, 5.74) is 0.192. The molecule has 0 aliphatic carbocycles. The Balaban J connectivity index is 0.000000354. The Hall–Kier alpha value is -1.08. The summed E-state index contributed by atoms with van der Waals surface area (Å²) in [7, 11) is 0. The van der Waals surface area contributed by atoms with E-state index < -0.39 is 11.6 Å². The van der Waals surface area contributed by atoms with Gasteiger partial charge in [-0.2, -0.15) is 8.42 Å². The summed E-state index contributed by atoms with van der Waals surface area (Å²) >= 11 is 0.641. The fraction of sp³-hybridized carbons (Fsp3) is 0.200. The third kappa shape index (κ3) is 3.94. The highest BCUT2D eigenvalue weighted by atomic mass is 32.1. The molecule has 0 atom stereocenters. The third-order valence-electron chi connectivity index (χ3n) is 0.928. The van der Waals surface area contributed by atoms with Crippen molar-refractivity contribution in [2.75, 3.05) is 0 Å². The van der Waals surface area contributed by atoms with Gasteiger partial charge in [0, 0.05) is 10.9 Å². The molecular weight excluding hydrogens is 202 g/mol. The van der Waals surface area contributed by atoms with Gasteiger partial charge >= 0.3 is 11.6 Å². The third-order valence-corrected chi connectivity index (χ3v) is 1.78. The van der Waals surface area contributed by atoms with Gasteiger partial charge in [0.15, 0.2) is 0 Å². The van der Waals surface area contributed by atoms with Crippen molar-refractivity contribution in [3.63, 3.8) is 0 Å². The quantitative estimate of drug-likeness (QED) is 0.513. The Kier molecular flexibility index (Phi) is 5.06. The molecule has 0 aliphatic rings. The lowest BCUT2D eigenvalue weighted by Crippen LogP contribution is -1.82. The Bertz CT molecular complexity index is 302. The fourth-order valence-corrected chi connectivity index (χ4v) is 1.17. The van der Waals surface area contributed by atoms with Crippen molar-refractivity contribution in [1.82, 2.24) is 0 Å². The molecule has 0 aliphatic heterocycles. The van der Waals surface area contributed by atoms with Gasteiger partial charge in [-0.05, 0) is 6.92 Å². The zero-order valence-electron chi connectivity index (χ0n) is 6.05. The first kappa shape index (κ1) is 10.9. The van der Waals surface area contributed by atoms with Crippen molar-refractivity contribution < 1.29 is 13.3 Å². The van der Waals surface area contributed by atoms with Crippen molar-refractivity contribution in [3.05, 3.63) is 26.4 Å². The van der Waals surface area contributed by atoms with E-state index in [1.807, 2.05) is 6.92 Å². The van der Waals surface area contributed by atoms with E-state index in [1.54, 1.807) is 6.07 Å². The van der Waals surface area contributed by atoms with Crippen LogP contribution in [-0.4, -0.2) is 13.3 Å². The van der Waals surface area contributed by atoms with Crippen LogP contribution in [0.15, 0.2) is 11.4 Å². The van der Waals surface area contributed by atoms with E-state index in [9.17, 15) is 10.1 Å². The minimum atomic E-state index is -0.750. The van der Waals surface area contributed by atoms with Crippen molar-refractivity contribution in [1.29, 1.82) is 0 Å². The summed E-state index contributed by atoms with van der Waals surface area (Å²) in [6.45, 7) is 1.84. The number of nitro groups is 1. The normalized spacial score (nSPS) is 8.08. The van der Waals surface area contributed by atoms with Crippen LogP contribution < -0.4 is 0 Å². The highest BCUT2D eigenvalue weighted by Crippen LogP contribution is 2.19. The first-order valence-electron chi connectivity index (χ1n) is 2.73. The lowest BCUT2D eigenvalue weighted by Gasteiger charge is -1.78. The molecule has 0 saturated carbocycles. The Morgan fingerprint density at radius 3 is 2.25 bits per heavy atom. The number of thiophene rings is 1. The van der Waals surface area contributed by atoms with Gasteiger partial charge in [0.25, 0.3) is 5.69 Å². The van der Waals surface area contributed by atoms with Crippen LogP contribution in [0.4, 0.5) is 5.69 Å². The lowest BCUT2D eigenvalue weighted by atomic mass is 10.5. The van der Waals surface area contributed by atoms with Gasteiger partial charge in [0.2, 0.25) is 0 Å². The Morgan fingerprint density at radius 2 is 2.08 bits per heavy atom. The summed E-state index contributed by atoms with van der Waals surface area (Å²) < 4.78 is 16.6. The summed E-state index contributed by atoms with van der Waals surface area (Å²) in [5, 5.41) is 11.6. The van der Waals surface area contributed by atoms with Crippen LogP contribution in [0.5, 0.6) is 0 Å². The maximum absolute atomic E-state index is 10.0. The molecule has 0 saturated heterocycles. The zero-order valence-corrected chi connectivity index (χ0v) is 7.68. The van der Waals surface area contributed by atoms with Crippen LogP contribution >= 0.6 is 11.3 Å². The highest BCUT2D eigenvalue weighted by Gasteiger charge is 2.04. The predicted octanol–water partition coefficient (Wildman–Crippen LogP) is 1.29. The van der Waals surface area contributed by atoms with E-state index in [0.717, 1.165) is 4.88 Å². The predicted molar refractivity (Wildman–Crippen MR) is 44.6 cm³/mol. The number of aryl methyl sites for hydroxylation is 1. The average molecular weight is 207 g/mol. The average Bonchev–Trinajstić information content (AvgIpc) is 2.37. The maximum Gasteiger partial charge on any atom is 0.335 e. The van der Waals surface area contributed by atoms with Crippen LogP contribution in [0.25, 0.3) is 0 Å². The summed E-state index contributed by atoms with van der Waals surface area (Å²) in [6, 6.07) is 1.56. The fourth-order valence-electron chi connectivity index (χ4n) is 0.525. The van der Waals surface area contributed by atoms with E-state index in [2.05, 4.69) is 0 Å². The molecule has 5 nitrogen and oxygen atoms in total. The van der Waals surface area contributed by atoms with Gasteiger partial charge in [0.05, 0.1) is 10.3 Å². The minimum absolute atomic E-state index is 0.192. The molecule has 12 heavy (non-hydrogen) atoms. The van der Waals surface area contributed by atoms with Crippen LogP contribution in [0.2, 0.25) is 0 Å². The summed E-state index contributed by atoms with van der Waals surface area (Å²) in [5.74, 6) is 0. The molecule has 7 heteroatoms. The number of nitrogens with zero attached hydrogens (tertiary/aromatic N) is 1. The van der Waals surface area contributed by atoms with Crippen LogP contribution in [0.1, 0.15) is 4.88 Å². The highest BCUT2D eigenvalue weighted by molar-refractivity contribution is 7.51. The molecule has 0 fully saturated rings. The van der Waals surface area contributed by atoms with E-state index in [4.69, 9.17) is 8.42 Å². The topological polar surface area (TPSA) is 77.3 Å². The molecule has 0 N–H and O–H groups in total. The van der Waals surface area contributed by atoms with Gasteiger partial charge in [-0.15, -0.1) is 11.3 Å². The first-order valence-corrected chi connectivity index (χ1v) is 4.27. The molecule has 1 heterocycles. The minimum Gasteiger partial charge on any atom is -0.258 e. The Morgan fingerprint density at radius 1 is 1.58 bits per heavy atom. The standard InChI is InChI=1S/C5H5NO2S.O2S/c1-4-2-5(3-9-4)6(7)8;1-3-2/h2-3H,1H3;. The second-order valence-electron chi connectivity index (χ2n) is 1.74. The first-order chi connectivity index (χ1) is 5.61. The van der Waals surface area contributed by atoms with Gasteiger partial charge in [-0.1, -0.05) is 0 Å². The van der Waals surface area contributed by atoms with Crippen molar-refractivity contribution in [3.8, 4) is 0 Å². The van der Waals surface area contributed by atoms with E-state index >= 15 is 0 Å². The molecule has 1 rings (SSSR count). The van der Waals surface area contributed by atoms with Crippen LogP contribution in [-0.2, 0) is 11.6 Å². The molecule has 66 valence electrons. The summed E-state index contributed by atoms with van der Waals surface area (Å²) in [4.78, 5) is 10.6. The molecule has 0 unspecified atom stereocenters. The van der Waals surface area contributed by atoms with Gasteiger partial charge in [-0.25, -0.2) is 0 Å². The number of rotatable bonds is 1. The van der Waals surface area contributed by atoms with Crippen LogP contribution in [0.3, 0.4) is 0 Å². The Labute approximate surface area is 75.8 Å². The van der Waals surface area contributed by atoms with E-state index in [-0.39, 0.29) is 10.6 Å². The van der Waals surface area contributed by atoms with Gasteiger partial charge < -0.3 is 0 Å². The van der Waals surface area contributed by atoms with E-state index in [1.165, 1.54) is 16.7 Å². The zero-order chi connectivity index (χ0) is 9.56. The molecule has 0 spiro atoms. The van der Waals surface area contributed by atoms with Crippen molar-refractivity contribution in [2.45, 2.75) is 6.92 Å². The SMILES string of the molecule is Cc1cc([N+](=O)[O-])cs1.O=S=O. The molecule has 0 amide bonds. The number of hydrogen-bond donors (Lipinski definition) is 0. The molecule has 0 bridgehead atoms. The number of hydrogen-bond acceptors (Lipinski definition) is 5. The molecule has 1 aromatic heterocycles. The van der Waals surface area contributed by atoms with Crippen molar-refractivity contribution in [2.24, 2.45) is 0 Å². The van der Waals surface area contributed by atoms with Crippen LogP contribution in [0, 0.1) is 17.0 Å². The second kappa shape index (κ2) is 5.56. The molecule has 1 aromatic rings. The molecule has 0 aromatic carbocycles. The monoisotopic (exact) mass is 207 g/mol. The largest absolute Gasteiger partial charge is 0.335 e. The smallest absolute Gasteiger partial charge is 0.258 e. The molecule has 0 radical (unpaired) electrons. The summed E-state index contributed by atoms with van der Waals surface area (Å²) in [6.07, 6.45) is 0. The maximum atomic E-state index is 10.0. The van der Waals surface area contributed by atoms with Gasteiger partial charge in [-0.3, -0.25) is 10.1 Å². The second-order valence-corrected chi connectivity index (χ2v) is 2.99. The molecular formula is C5H5NO4S2. The van der Waals surface area contributed by atoms with Gasteiger partial charge in [0.1, 0.15) is 0 Å². The van der Waals surface area contributed by atoms with E-state index in [0.29, 0.717) is 0 Å². The van der Waals surface area contributed by atoms with Crippen molar-refractivity contribution >= 4 is 28.6 Å². The lowest BCUT2D eigenvalue weighted by molar-refractivity contribution is -0.384.